The molecule has 0 amide bonds. The van der Waals surface area contributed by atoms with Crippen LogP contribution in [0.3, 0.4) is 0 Å². The molecule has 108 valence electrons. The van der Waals surface area contributed by atoms with E-state index in [1.807, 2.05) is 11.3 Å². The Bertz CT molecular complexity index is 599. The highest BCUT2D eigenvalue weighted by Gasteiger charge is 2.17. The van der Waals surface area contributed by atoms with E-state index in [2.05, 4.69) is 46.9 Å². The van der Waals surface area contributed by atoms with Gasteiger partial charge < -0.3 is 9.88 Å². The quantitative estimate of drug-likeness (QED) is 0.940. The molecule has 1 N–H and O–H groups in total. The number of hydrogen-bond acceptors (Lipinski definition) is 4. The summed E-state index contributed by atoms with van der Waals surface area (Å²) in [5.74, 6) is 2.24. The van der Waals surface area contributed by atoms with E-state index in [4.69, 9.17) is 0 Å². The zero-order chi connectivity index (χ0) is 14.1. The van der Waals surface area contributed by atoms with Gasteiger partial charge in [0.15, 0.2) is 0 Å². The van der Waals surface area contributed by atoms with Gasteiger partial charge in [0, 0.05) is 28.8 Å². The van der Waals surface area contributed by atoms with Crippen LogP contribution in [0.15, 0.2) is 6.07 Å². The van der Waals surface area contributed by atoms with Crippen LogP contribution >= 0.6 is 11.3 Å². The molecule has 2 aromatic rings. The van der Waals surface area contributed by atoms with Gasteiger partial charge in [-0.05, 0) is 45.2 Å². The first kappa shape index (κ1) is 13.8. The summed E-state index contributed by atoms with van der Waals surface area (Å²) in [5, 5.41) is 12.2. The van der Waals surface area contributed by atoms with Gasteiger partial charge in [0.1, 0.15) is 11.6 Å². The molecule has 1 aliphatic rings. The van der Waals surface area contributed by atoms with E-state index in [9.17, 15) is 0 Å². The molecule has 2 aromatic heterocycles. The maximum absolute atomic E-state index is 4.34. The number of aromatic nitrogens is 3. The normalized spacial score (nSPS) is 16.1. The van der Waals surface area contributed by atoms with Gasteiger partial charge in [-0.2, -0.15) is 0 Å². The zero-order valence-electron chi connectivity index (χ0n) is 12.4. The Morgan fingerprint density at radius 2 is 2.20 bits per heavy atom. The Labute approximate surface area is 124 Å². The van der Waals surface area contributed by atoms with Gasteiger partial charge in [-0.1, -0.05) is 0 Å². The van der Waals surface area contributed by atoms with Crippen LogP contribution in [-0.4, -0.2) is 14.8 Å². The first-order chi connectivity index (χ1) is 9.65. The summed E-state index contributed by atoms with van der Waals surface area (Å²) < 4.78 is 2.29. The first-order valence-corrected chi connectivity index (χ1v) is 8.18. The van der Waals surface area contributed by atoms with Gasteiger partial charge in [-0.3, -0.25) is 0 Å². The van der Waals surface area contributed by atoms with Crippen LogP contribution in [0.4, 0.5) is 0 Å². The Hall–Kier alpha value is -1.20. The van der Waals surface area contributed by atoms with E-state index in [1.54, 1.807) is 0 Å². The lowest BCUT2D eigenvalue weighted by molar-refractivity contribution is 0.484. The molecule has 1 atom stereocenters. The minimum Gasteiger partial charge on any atom is -0.314 e. The summed E-state index contributed by atoms with van der Waals surface area (Å²) in [7, 11) is 0. The molecule has 5 heteroatoms. The van der Waals surface area contributed by atoms with Crippen LogP contribution in [0.2, 0.25) is 0 Å². The minimum atomic E-state index is 0.358. The second kappa shape index (κ2) is 5.66. The fourth-order valence-electron chi connectivity index (χ4n) is 2.93. The van der Waals surface area contributed by atoms with Crippen molar-refractivity contribution in [1.29, 1.82) is 0 Å². The van der Waals surface area contributed by atoms with Crippen molar-refractivity contribution in [1.82, 2.24) is 20.1 Å². The molecule has 1 unspecified atom stereocenters. The van der Waals surface area contributed by atoms with Crippen molar-refractivity contribution in [3.05, 3.63) is 33.0 Å². The predicted molar refractivity (Wildman–Crippen MR) is 82.0 cm³/mol. The van der Waals surface area contributed by atoms with Crippen molar-refractivity contribution in [2.24, 2.45) is 0 Å². The average Bonchev–Trinajstić information content (AvgIpc) is 2.99. The van der Waals surface area contributed by atoms with Crippen molar-refractivity contribution >= 4 is 11.3 Å². The number of fused-ring (bicyclic) bond motifs is 1. The summed E-state index contributed by atoms with van der Waals surface area (Å²) in [6.07, 6.45) is 3.57. The zero-order valence-corrected chi connectivity index (χ0v) is 13.3. The highest BCUT2D eigenvalue weighted by molar-refractivity contribution is 7.12. The smallest absolute Gasteiger partial charge is 0.147 e. The maximum atomic E-state index is 4.34. The molecular formula is C15H22N4S. The summed E-state index contributed by atoms with van der Waals surface area (Å²) in [6.45, 7) is 8.46. The molecule has 0 saturated heterocycles. The summed E-state index contributed by atoms with van der Waals surface area (Å²) >= 11 is 1.87. The highest BCUT2D eigenvalue weighted by atomic mass is 32.1. The molecular weight excluding hydrogens is 268 g/mol. The van der Waals surface area contributed by atoms with Crippen LogP contribution in [0, 0.1) is 13.8 Å². The Balaban J connectivity index is 1.67. The van der Waals surface area contributed by atoms with Crippen molar-refractivity contribution in [3.63, 3.8) is 0 Å². The SMILES string of the molecule is Cc1cc(C(C)NCc2nnc3n2CCCC3)c(C)s1. The van der Waals surface area contributed by atoms with Gasteiger partial charge in [-0.25, -0.2) is 0 Å². The molecule has 0 aliphatic carbocycles. The number of nitrogens with one attached hydrogen (secondary N) is 1. The fourth-order valence-corrected chi connectivity index (χ4v) is 3.96. The number of hydrogen-bond donors (Lipinski definition) is 1. The van der Waals surface area contributed by atoms with E-state index in [-0.39, 0.29) is 0 Å². The summed E-state index contributed by atoms with van der Waals surface area (Å²) in [5.41, 5.74) is 1.41. The lowest BCUT2D eigenvalue weighted by Gasteiger charge is -2.17. The predicted octanol–water partition coefficient (Wildman–Crippen LogP) is 3.14. The molecule has 3 heterocycles. The second-order valence-electron chi connectivity index (χ2n) is 5.61. The summed E-state index contributed by atoms with van der Waals surface area (Å²) in [6, 6.07) is 2.65. The number of nitrogens with zero attached hydrogens (tertiary/aromatic N) is 3. The molecule has 0 aromatic carbocycles. The molecule has 0 saturated carbocycles. The first-order valence-electron chi connectivity index (χ1n) is 7.36. The van der Waals surface area contributed by atoms with Gasteiger partial charge in [0.05, 0.1) is 6.54 Å². The number of thiophene rings is 1. The maximum Gasteiger partial charge on any atom is 0.147 e. The highest BCUT2D eigenvalue weighted by Crippen LogP contribution is 2.26. The van der Waals surface area contributed by atoms with Gasteiger partial charge in [-0.15, -0.1) is 21.5 Å². The third kappa shape index (κ3) is 2.65. The standard InChI is InChI=1S/C15H22N4S/c1-10-8-13(12(3)20-10)11(2)16-9-15-18-17-14-6-4-5-7-19(14)15/h8,11,16H,4-7,9H2,1-3H3. The van der Waals surface area contributed by atoms with E-state index in [0.29, 0.717) is 6.04 Å². The molecule has 4 nitrogen and oxygen atoms in total. The van der Waals surface area contributed by atoms with Crippen LogP contribution < -0.4 is 5.32 Å². The van der Waals surface area contributed by atoms with E-state index in [1.165, 1.54) is 28.2 Å². The van der Waals surface area contributed by atoms with Gasteiger partial charge in [0.25, 0.3) is 0 Å². The molecule has 20 heavy (non-hydrogen) atoms. The number of aryl methyl sites for hydroxylation is 3. The van der Waals surface area contributed by atoms with E-state index in [0.717, 1.165) is 31.2 Å². The second-order valence-corrected chi connectivity index (χ2v) is 7.07. The van der Waals surface area contributed by atoms with Crippen molar-refractivity contribution in [2.45, 2.75) is 59.2 Å². The lowest BCUT2D eigenvalue weighted by Crippen LogP contribution is -2.22. The lowest BCUT2D eigenvalue weighted by atomic mass is 10.1. The van der Waals surface area contributed by atoms with Gasteiger partial charge in [0.2, 0.25) is 0 Å². The molecule has 0 spiro atoms. The monoisotopic (exact) mass is 290 g/mol. The molecule has 0 bridgehead atoms. The van der Waals surface area contributed by atoms with Crippen molar-refractivity contribution in [3.8, 4) is 0 Å². The molecule has 3 rings (SSSR count). The number of rotatable bonds is 4. The minimum absolute atomic E-state index is 0.358. The molecule has 1 aliphatic heterocycles. The van der Waals surface area contributed by atoms with Crippen LogP contribution in [-0.2, 0) is 19.5 Å². The van der Waals surface area contributed by atoms with Crippen molar-refractivity contribution < 1.29 is 0 Å². The fraction of sp³-hybridized carbons (Fsp3) is 0.600. The molecule has 0 radical (unpaired) electrons. The Morgan fingerprint density at radius 3 is 2.95 bits per heavy atom. The average molecular weight is 290 g/mol. The van der Waals surface area contributed by atoms with E-state index < -0.39 is 0 Å². The van der Waals surface area contributed by atoms with E-state index >= 15 is 0 Å². The summed E-state index contributed by atoms with van der Waals surface area (Å²) in [4.78, 5) is 2.79. The largest absolute Gasteiger partial charge is 0.314 e. The van der Waals surface area contributed by atoms with Gasteiger partial charge >= 0.3 is 0 Å². The van der Waals surface area contributed by atoms with Crippen LogP contribution in [0.25, 0.3) is 0 Å². The topological polar surface area (TPSA) is 42.7 Å². The molecule has 0 fully saturated rings. The Morgan fingerprint density at radius 1 is 1.35 bits per heavy atom. The third-order valence-electron chi connectivity index (χ3n) is 4.05. The third-order valence-corrected chi connectivity index (χ3v) is 5.03. The Kier molecular flexibility index (Phi) is 3.89. The van der Waals surface area contributed by atoms with Crippen LogP contribution in [0.5, 0.6) is 0 Å². The van der Waals surface area contributed by atoms with Crippen molar-refractivity contribution in [2.75, 3.05) is 0 Å². The van der Waals surface area contributed by atoms with Crippen LogP contribution in [0.1, 0.15) is 52.8 Å².